The van der Waals surface area contributed by atoms with Crippen LogP contribution in [-0.4, -0.2) is 21.2 Å². The van der Waals surface area contributed by atoms with Crippen molar-refractivity contribution in [3.63, 3.8) is 0 Å². The molecule has 0 amide bonds. The zero-order valence-electron chi connectivity index (χ0n) is 10.5. The number of phenols is 1. The van der Waals surface area contributed by atoms with Gasteiger partial charge in [-0.3, -0.25) is 25.2 Å². The van der Waals surface area contributed by atoms with Crippen molar-refractivity contribution in [2.45, 2.75) is 0 Å². The van der Waals surface area contributed by atoms with Gasteiger partial charge in [0, 0.05) is 30.0 Å². The monoisotopic (exact) mass is 287 g/mol. The van der Waals surface area contributed by atoms with Gasteiger partial charge in [0.15, 0.2) is 0 Å². The maximum atomic E-state index is 10.7. The minimum atomic E-state index is -0.708. The lowest BCUT2D eigenvalue weighted by molar-refractivity contribution is -0.385. The Hall–Kier alpha value is -3.29. The summed E-state index contributed by atoms with van der Waals surface area (Å²) in [5, 5.41) is 31.1. The van der Waals surface area contributed by atoms with Crippen LogP contribution in [0.1, 0.15) is 5.56 Å². The predicted molar refractivity (Wildman–Crippen MR) is 75.1 cm³/mol. The number of phenolic OH excluding ortho intramolecular Hbond substituents is 1. The fraction of sp³-hybridized carbons (Fsp3) is 0. The van der Waals surface area contributed by atoms with E-state index in [4.69, 9.17) is 0 Å². The van der Waals surface area contributed by atoms with Crippen molar-refractivity contribution in [2.24, 2.45) is 4.99 Å². The smallest absolute Gasteiger partial charge is 0.311 e. The van der Waals surface area contributed by atoms with Crippen LogP contribution in [0.25, 0.3) is 0 Å². The fourth-order valence-corrected chi connectivity index (χ4v) is 1.63. The van der Waals surface area contributed by atoms with Gasteiger partial charge in [-0.2, -0.15) is 0 Å². The highest BCUT2D eigenvalue weighted by atomic mass is 16.6. The van der Waals surface area contributed by atoms with Crippen molar-refractivity contribution >= 4 is 23.3 Å². The predicted octanol–water partition coefficient (Wildman–Crippen LogP) is 2.96. The van der Waals surface area contributed by atoms with Crippen molar-refractivity contribution in [1.29, 1.82) is 0 Å². The number of nitro benzene ring substituents is 2. The van der Waals surface area contributed by atoms with E-state index in [-0.39, 0.29) is 11.3 Å². The van der Waals surface area contributed by atoms with Crippen LogP contribution in [0.3, 0.4) is 0 Å². The molecule has 0 spiro atoms. The molecule has 0 radical (unpaired) electrons. The molecule has 0 unspecified atom stereocenters. The average molecular weight is 287 g/mol. The fourth-order valence-electron chi connectivity index (χ4n) is 1.63. The molecule has 0 aliphatic heterocycles. The molecular weight excluding hydrogens is 278 g/mol. The lowest BCUT2D eigenvalue weighted by Crippen LogP contribution is -1.91. The van der Waals surface area contributed by atoms with Crippen molar-refractivity contribution in [1.82, 2.24) is 0 Å². The highest BCUT2D eigenvalue weighted by Gasteiger charge is 2.15. The maximum absolute atomic E-state index is 10.7. The van der Waals surface area contributed by atoms with E-state index in [1.165, 1.54) is 48.7 Å². The Labute approximate surface area is 118 Å². The summed E-state index contributed by atoms with van der Waals surface area (Å²) in [7, 11) is 0. The number of benzene rings is 2. The Morgan fingerprint density at radius 3 is 2.43 bits per heavy atom. The van der Waals surface area contributed by atoms with Gasteiger partial charge in [-0.25, -0.2) is 0 Å². The van der Waals surface area contributed by atoms with Gasteiger partial charge in [-0.1, -0.05) is 12.1 Å². The van der Waals surface area contributed by atoms with E-state index in [0.717, 1.165) is 0 Å². The van der Waals surface area contributed by atoms with Gasteiger partial charge in [0.05, 0.1) is 15.5 Å². The van der Waals surface area contributed by atoms with Gasteiger partial charge < -0.3 is 5.11 Å². The number of aromatic hydroxyl groups is 1. The van der Waals surface area contributed by atoms with Crippen LogP contribution >= 0.6 is 0 Å². The normalized spacial score (nSPS) is 10.7. The zero-order chi connectivity index (χ0) is 15.4. The largest absolute Gasteiger partial charge is 0.502 e. The van der Waals surface area contributed by atoms with E-state index < -0.39 is 21.3 Å². The molecule has 2 rings (SSSR count). The van der Waals surface area contributed by atoms with Gasteiger partial charge in [-0.05, 0) is 12.1 Å². The first-order valence-electron chi connectivity index (χ1n) is 5.74. The van der Waals surface area contributed by atoms with Gasteiger partial charge in [-0.15, -0.1) is 0 Å². The summed E-state index contributed by atoms with van der Waals surface area (Å²) in [6.07, 6.45) is 1.21. The molecule has 0 aromatic heterocycles. The van der Waals surface area contributed by atoms with Crippen molar-refractivity contribution in [3.8, 4) is 5.75 Å². The maximum Gasteiger partial charge on any atom is 0.311 e. The molecule has 0 saturated carbocycles. The third-order valence-electron chi connectivity index (χ3n) is 2.64. The Kier molecular flexibility index (Phi) is 3.89. The summed E-state index contributed by atoms with van der Waals surface area (Å²) in [6, 6.07) is 9.61. The highest BCUT2D eigenvalue weighted by Crippen LogP contribution is 2.28. The van der Waals surface area contributed by atoms with Crippen LogP contribution in [0.5, 0.6) is 5.75 Å². The Morgan fingerprint density at radius 2 is 1.76 bits per heavy atom. The third-order valence-corrected chi connectivity index (χ3v) is 2.64. The van der Waals surface area contributed by atoms with Gasteiger partial charge in [0.2, 0.25) is 5.75 Å². The topological polar surface area (TPSA) is 119 Å². The quantitative estimate of drug-likeness (QED) is 0.526. The Bertz CT molecular complexity index is 742. The minimum Gasteiger partial charge on any atom is -0.502 e. The molecule has 0 saturated heterocycles. The first-order valence-corrected chi connectivity index (χ1v) is 5.74. The summed E-state index contributed by atoms with van der Waals surface area (Å²) >= 11 is 0. The molecule has 0 heterocycles. The lowest BCUT2D eigenvalue weighted by Gasteiger charge is -1.99. The van der Waals surface area contributed by atoms with Crippen LogP contribution in [0.15, 0.2) is 47.5 Å². The zero-order valence-corrected chi connectivity index (χ0v) is 10.5. The molecule has 0 bridgehead atoms. The van der Waals surface area contributed by atoms with Crippen molar-refractivity contribution in [2.75, 3.05) is 0 Å². The first-order chi connectivity index (χ1) is 9.99. The molecule has 106 valence electrons. The SMILES string of the molecule is O=[N+]([O-])c1cccc(N=Cc2cccc([N+](=O)[O-])c2O)c1. The van der Waals surface area contributed by atoms with E-state index in [1.807, 2.05) is 0 Å². The second-order valence-electron chi connectivity index (χ2n) is 4.01. The summed E-state index contributed by atoms with van der Waals surface area (Å²) in [5.74, 6) is -0.503. The molecule has 0 fully saturated rings. The molecule has 2 aromatic rings. The number of hydrogen-bond acceptors (Lipinski definition) is 6. The number of para-hydroxylation sites is 1. The molecule has 8 nitrogen and oxygen atoms in total. The third kappa shape index (κ3) is 3.18. The number of rotatable bonds is 4. The number of hydrogen-bond donors (Lipinski definition) is 1. The van der Waals surface area contributed by atoms with Crippen molar-refractivity contribution in [3.05, 3.63) is 68.3 Å². The Morgan fingerprint density at radius 1 is 1.05 bits per heavy atom. The van der Waals surface area contributed by atoms with E-state index in [9.17, 15) is 25.3 Å². The summed E-state index contributed by atoms with van der Waals surface area (Å²) < 4.78 is 0. The number of non-ortho nitro benzene ring substituents is 1. The second kappa shape index (κ2) is 5.78. The number of aliphatic imine (C=N–C) groups is 1. The van der Waals surface area contributed by atoms with Crippen molar-refractivity contribution < 1.29 is 15.0 Å². The second-order valence-corrected chi connectivity index (χ2v) is 4.01. The molecule has 8 heteroatoms. The molecule has 21 heavy (non-hydrogen) atoms. The van der Waals surface area contributed by atoms with Crippen LogP contribution in [0, 0.1) is 20.2 Å². The molecular formula is C13H9N3O5. The molecule has 0 aliphatic carbocycles. The van der Waals surface area contributed by atoms with Crippen LogP contribution < -0.4 is 0 Å². The summed E-state index contributed by atoms with van der Waals surface area (Å²) in [5.41, 5.74) is -0.100. The molecule has 1 N–H and O–H groups in total. The standard InChI is InChI=1S/C13H9N3O5/c17-13-9(3-1-6-12(13)16(20)21)8-14-10-4-2-5-11(7-10)15(18)19/h1-8,17H. The van der Waals surface area contributed by atoms with Gasteiger partial charge in [0.25, 0.3) is 5.69 Å². The lowest BCUT2D eigenvalue weighted by atomic mass is 10.2. The Balaban J connectivity index is 2.34. The van der Waals surface area contributed by atoms with E-state index >= 15 is 0 Å². The first kappa shape index (κ1) is 14.1. The van der Waals surface area contributed by atoms with E-state index in [0.29, 0.717) is 5.69 Å². The number of nitro groups is 2. The van der Waals surface area contributed by atoms with Gasteiger partial charge in [0.1, 0.15) is 0 Å². The summed E-state index contributed by atoms with van der Waals surface area (Å²) in [4.78, 5) is 24.0. The highest BCUT2D eigenvalue weighted by molar-refractivity contribution is 5.87. The van der Waals surface area contributed by atoms with E-state index in [1.54, 1.807) is 0 Å². The minimum absolute atomic E-state index is 0.118. The molecule has 2 aromatic carbocycles. The van der Waals surface area contributed by atoms with Crippen LogP contribution in [0.2, 0.25) is 0 Å². The summed E-state index contributed by atoms with van der Waals surface area (Å²) in [6.45, 7) is 0. The van der Waals surface area contributed by atoms with E-state index in [2.05, 4.69) is 4.99 Å². The van der Waals surface area contributed by atoms with Crippen LogP contribution in [-0.2, 0) is 0 Å². The average Bonchev–Trinajstić information content (AvgIpc) is 2.46. The molecule has 0 aliphatic rings. The number of nitrogens with zero attached hydrogens (tertiary/aromatic N) is 3. The van der Waals surface area contributed by atoms with Crippen LogP contribution in [0.4, 0.5) is 17.1 Å². The van der Waals surface area contributed by atoms with Gasteiger partial charge >= 0.3 is 5.69 Å². The molecule has 0 atom stereocenters.